The largest absolute Gasteiger partial charge is 0.383 e. The molecule has 0 atom stereocenters. The van der Waals surface area contributed by atoms with E-state index in [1.807, 2.05) is 0 Å². The maximum absolute atomic E-state index is 12.2. The van der Waals surface area contributed by atoms with Crippen molar-refractivity contribution in [3.8, 4) is 5.75 Å². The molecule has 1 amide bonds. The predicted octanol–water partition coefficient (Wildman–Crippen LogP) is 1.52. The molecule has 0 aliphatic heterocycles. The first-order valence-corrected chi connectivity index (χ1v) is 9.08. The summed E-state index contributed by atoms with van der Waals surface area (Å²) in [6.45, 7) is 0. The fourth-order valence-electron chi connectivity index (χ4n) is 2.07. The predicted molar refractivity (Wildman–Crippen MR) is 98.8 cm³/mol. The number of aromatic amines is 1. The molecule has 0 radical (unpaired) electrons. The van der Waals surface area contributed by atoms with E-state index in [-0.39, 0.29) is 22.0 Å². The molecule has 27 heavy (non-hydrogen) atoms. The molecule has 0 aliphatic rings. The second kappa shape index (κ2) is 7.70. The first-order valence-electron chi connectivity index (χ1n) is 7.67. The Morgan fingerprint density at radius 2 is 1.85 bits per heavy atom. The van der Waals surface area contributed by atoms with Crippen LogP contribution in [0.25, 0.3) is 0 Å². The highest BCUT2D eigenvalue weighted by molar-refractivity contribution is 7.87. The fraction of sp³-hybridized carbons (Fsp3) is 0. The molecule has 4 N–H and O–H groups in total. The number of aromatic nitrogens is 2. The molecular formula is C17H15N5O4S. The quantitative estimate of drug-likeness (QED) is 0.334. The van der Waals surface area contributed by atoms with Gasteiger partial charge in [0.2, 0.25) is 0 Å². The van der Waals surface area contributed by atoms with Crippen LogP contribution in [0.2, 0.25) is 0 Å². The van der Waals surface area contributed by atoms with E-state index in [4.69, 9.17) is 9.92 Å². The summed E-state index contributed by atoms with van der Waals surface area (Å²) in [6.07, 6.45) is 2.68. The summed E-state index contributed by atoms with van der Waals surface area (Å²) in [5, 5.41) is 9.90. The fourth-order valence-corrected chi connectivity index (χ4v) is 3.03. The molecule has 0 aliphatic carbocycles. The van der Waals surface area contributed by atoms with E-state index in [9.17, 15) is 13.2 Å². The number of hydrogen-bond donors (Lipinski definition) is 3. The molecule has 1 heterocycles. The summed E-state index contributed by atoms with van der Waals surface area (Å²) in [7, 11) is -3.89. The number of benzene rings is 2. The normalized spacial score (nSPS) is 11.4. The average Bonchev–Trinajstić information content (AvgIpc) is 3.10. The lowest BCUT2D eigenvalue weighted by Crippen LogP contribution is -2.18. The highest BCUT2D eigenvalue weighted by atomic mass is 32.2. The smallest absolute Gasteiger partial charge is 0.339 e. The third-order valence-corrected chi connectivity index (χ3v) is 4.67. The van der Waals surface area contributed by atoms with E-state index >= 15 is 0 Å². The van der Waals surface area contributed by atoms with Crippen LogP contribution >= 0.6 is 0 Å². The Morgan fingerprint density at radius 1 is 1.15 bits per heavy atom. The van der Waals surface area contributed by atoms with E-state index in [2.05, 4.69) is 20.7 Å². The minimum atomic E-state index is -3.89. The van der Waals surface area contributed by atoms with Gasteiger partial charge in [0.15, 0.2) is 0 Å². The lowest BCUT2D eigenvalue weighted by molar-refractivity contribution is 0.0956. The number of amides is 1. The van der Waals surface area contributed by atoms with Crippen LogP contribution in [0.3, 0.4) is 0 Å². The molecule has 0 unspecified atom stereocenters. The summed E-state index contributed by atoms with van der Waals surface area (Å²) in [5.74, 6) is -0.207. The molecule has 10 heteroatoms. The zero-order valence-corrected chi connectivity index (χ0v) is 14.7. The van der Waals surface area contributed by atoms with Crippen molar-refractivity contribution < 1.29 is 17.4 Å². The highest BCUT2D eigenvalue weighted by Gasteiger charge is 2.15. The van der Waals surface area contributed by atoms with Gasteiger partial charge in [-0.15, -0.1) is 0 Å². The Hall–Kier alpha value is -3.66. The van der Waals surface area contributed by atoms with Crippen LogP contribution in [0.5, 0.6) is 5.75 Å². The van der Waals surface area contributed by atoms with E-state index < -0.39 is 16.0 Å². The summed E-state index contributed by atoms with van der Waals surface area (Å²) in [5.41, 5.74) is 8.66. The summed E-state index contributed by atoms with van der Waals surface area (Å²) in [4.78, 5) is 11.9. The standard InChI is InChI=1S/C17H15N5O4S/c18-16-15(11-20-21-16)17(23)22-19-10-12-6-8-13(9-7-12)26-27(24,25)14-4-2-1-3-5-14/h1-11H,(H,22,23)(H3,18,20,21)/b19-10+. The lowest BCUT2D eigenvalue weighted by Gasteiger charge is -2.06. The van der Waals surface area contributed by atoms with Gasteiger partial charge in [0, 0.05) is 0 Å². The number of nitrogens with two attached hydrogens (primary N) is 1. The molecule has 3 rings (SSSR count). The minimum Gasteiger partial charge on any atom is -0.383 e. The molecule has 3 aromatic rings. The van der Waals surface area contributed by atoms with E-state index in [0.717, 1.165) is 0 Å². The van der Waals surface area contributed by atoms with Gasteiger partial charge in [-0.05, 0) is 42.0 Å². The van der Waals surface area contributed by atoms with Gasteiger partial charge < -0.3 is 9.92 Å². The number of hydrazone groups is 1. The van der Waals surface area contributed by atoms with Gasteiger partial charge in [0.1, 0.15) is 22.0 Å². The van der Waals surface area contributed by atoms with Crippen molar-refractivity contribution in [2.45, 2.75) is 4.90 Å². The molecule has 9 nitrogen and oxygen atoms in total. The van der Waals surface area contributed by atoms with Crippen molar-refractivity contribution in [1.29, 1.82) is 0 Å². The van der Waals surface area contributed by atoms with Gasteiger partial charge in [-0.25, -0.2) is 5.43 Å². The molecule has 0 fully saturated rings. The van der Waals surface area contributed by atoms with Crippen LogP contribution in [-0.2, 0) is 10.1 Å². The second-order valence-electron chi connectivity index (χ2n) is 5.32. The Balaban J connectivity index is 1.62. The number of nitrogen functional groups attached to an aromatic ring is 1. The van der Waals surface area contributed by atoms with Gasteiger partial charge in [0.25, 0.3) is 5.91 Å². The molecule has 0 bridgehead atoms. The summed E-state index contributed by atoms with van der Waals surface area (Å²) in [6, 6.07) is 14.0. The maximum Gasteiger partial charge on any atom is 0.339 e. The van der Waals surface area contributed by atoms with Crippen LogP contribution < -0.4 is 15.3 Å². The van der Waals surface area contributed by atoms with Crippen LogP contribution in [0.1, 0.15) is 15.9 Å². The van der Waals surface area contributed by atoms with Crippen LogP contribution in [-0.4, -0.2) is 30.7 Å². The molecule has 138 valence electrons. The number of rotatable bonds is 6. The Kier molecular flexibility index (Phi) is 5.18. The number of carbonyl (C=O) groups is 1. The van der Waals surface area contributed by atoms with Crippen molar-refractivity contribution in [2.24, 2.45) is 5.10 Å². The van der Waals surface area contributed by atoms with Gasteiger partial charge in [-0.1, -0.05) is 18.2 Å². The Labute approximate surface area is 155 Å². The van der Waals surface area contributed by atoms with Crippen LogP contribution in [0, 0.1) is 0 Å². The zero-order valence-electron chi connectivity index (χ0n) is 13.9. The number of hydrogen-bond acceptors (Lipinski definition) is 7. The lowest BCUT2D eigenvalue weighted by atomic mass is 10.2. The van der Waals surface area contributed by atoms with Gasteiger partial charge >= 0.3 is 10.1 Å². The highest BCUT2D eigenvalue weighted by Crippen LogP contribution is 2.18. The molecule has 0 saturated heterocycles. The Bertz CT molecular complexity index is 1060. The number of nitrogens with zero attached hydrogens (tertiary/aromatic N) is 2. The topological polar surface area (TPSA) is 140 Å². The molecule has 0 saturated carbocycles. The first kappa shape index (κ1) is 18.1. The van der Waals surface area contributed by atoms with Crippen molar-refractivity contribution >= 4 is 28.1 Å². The number of carbonyl (C=O) groups excluding carboxylic acids is 1. The third-order valence-electron chi connectivity index (χ3n) is 3.41. The van der Waals surface area contributed by atoms with Gasteiger partial charge in [-0.2, -0.15) is 18.6 Å². The van der Waals surface area contributed by atoms with Crippen LogP contribution in [0.15, 0.2) is 70.8 Å². The average molecular weight is 385 g/mol. The summed E-state index contributed by atoms with van der Waals surface area (Å²) >= 11 is 0. The first-order chi connectivity index (χ1) is 13.0. The van der Waals surface area contributed by atoms with Crippen molar-refractivity contribution in [3.05, 3.63) is 71.9 Å². The van der Waals surface area contributed by atoms with E-state index in [1.165, 1.54) is 36.7 Å². The molecular weight excluding hydrogens is 370 g/mol. The third kappa shape index (κ3) is 4.50. The minimum absolute atomic E-state index is 0.0665. The number of anilines is 1. The summed E-state index contributed by atoms with van der Waals surface area (Å²) < 4.78 is 29.4. The van der Waals surface area contributed by atoms with E-state index in [1.54, 1.807) is 30.3 Å². The molecule has 1 aromatic heterocycles. The van der Waals surface area contributed by atoms with Crippen molar-refractivity contribution in [2.75, 3.05) is 5.73 Å². The van der Waals surface area contributed by atoms with E-state index in [0.29, 0.717) is 5.56 Å². The molecule has 0 spiro atoms. The van der Waals surface area contributed by atoms with Crippen molar-refractivity contribution in [3.63, 3.8) is 0 Å². The van der Waals surface area contributed by atoms with Gasteiger partial charge in [0.05, 0.1) is 12.4 Å². The number of nitrogens with one attached hydrogen (secondary N) is 2. The molecule has 2 aromatic carbocycles. The number of H-pyrrole nitrogens is 1. The van der Waals surface area contributed by atoms with Gasteiger partial charge in [-0.3, -0.25) is 9.89 Å². The second-order valence-corrected chi connectivity index (χ2v) is 6.86. The SMILES string of the molecule is Nc1[nH]ncc1C(=O)N/N=C/c1ccc(OS(=O)(=O)c2ccccc2)cc1. The monoisotopic (exact) mass is 385 g/mol. The Morgan fingerprint density at radius 3 is 2.48 bits per heavy atom. The van der Waals surface area contributed by atoms with Crippen molar-refractivity contribution in [1.82, 2.24) is 15.6 Å². The maximum atomic E-state index is 12.2. The van der Waals surface area contributed by atoms with Crippen LogP contribution in [0.4, 0.5) is 5.82 Å². The zero-order chi connectivity index (χ0) is 19.3.